The Morgan fingerprint density at radius 1 is 0.644 bits per heavy atom. The van der Waals surface area contributed by atoms with Crippen LogP contribution in [-0.4, -0.2) is 83.1 Å². The molecule has 3 amide bonds. The Hall–Kier alpha value is -5.70. The molecule has 2 aromatic heterocycles. The van der Waals surface area contributed by atoms with Crippen molar-refractivity contribution in [1.29, 1.82) is 0 Å². The topological polar surface area (TPSA) is 248 Å². The quantitative estimate of drug-likeness (QED) is 0.0840. The molecule has 236 valence electrons. The fourth-order valence-corrected chi connectivity index (χ4v) is 4.52. The van der Waals surface area contributed by atoms with Gasteiger partial charge in [-0.05, 0) is 35.4 Å². The lowest BCUT2D eigenvalue weighted by Gasteiger charge is -2.25. The van der Waals surface area contributed by atoms with Gasteiger partial charge in [0, 0.05) is 49.5 Å². The number of rotatable bonds is 15. The molecule has 4 aromatic rings. The molecule has 2 aromatic carbocycles. The van der Waals surface area contributed by atoms with Crippen LogP contribution in [0.5, 0.6) is 11.5 Å². The van der Waals surface area contributed by atoms with Crippen molar-refractivity contribution in [2.24, 2.45) is 5.73 Å². The van der Waals surface area contributed by atoms with Crippen LogP contribution in [0.4, 0.5) is 0 Å². The Bertz CT molecular complexity index is 1560. The number of amides is 3. The van der Waals surface area contributed by atoms with E-state index in [1.165, 1.54) is 49.3 Å². The number of aromatic amines is 2. The minimum atomic E-state index is -1.34. The average molecular weight is 619 g/mol. The van der Waals surface area contributed by atoms with E-state index in [-0.39, 0.29) is 37.2 Å². The van der Waals surface area contributed by atoms with Crippen molar-refractivity contribution in [3.8, 4) is 11.5 Å². The Kier molecular flexibility index (Phi) is 10.8. The van der Waals surface area contributed by atoms with Gasteiger partial charge < -0.3 is 47.0 Å². The lowest BCUT2D eigenvalue weighted by atomic mass is 10.0. The molecule has 2 heterocycles. The van der Waals surface area contributed by atoms with E-state index in [0.717, 1.165) is 0 Å². The third kappa shape index (κ3) is 9.65. The number of nitrogens with zero attached hydrogens (tertiary/aromatic N) is 2. The number of carboxylic acid groups (broad SMARTS) is 1. The zero-order valence-electron chi connectivity index (χ0n) is 24.0. The van der Waals surface area contributed by atoms with Crippen LogP contribution in [0.15, 0.2) is 73.6 Å². The highest BCUT2D eigenvalue weighted by atomic mass is 16.4. The number of carbonyl (C=O) groups excluding carboxylic acids is 3. The summed E-state index contributed by atoms with van der Waals surface area (Å²) in [5, 5.41) is 36.9. The minimum absolute atomic E-state index is 0.00238. The number of phenols is 2. The molecular formula is C30H34N8O7. The summed E-state index contributed by atoms with van der Waals surface area (Å²) in [6.45, 7) is 0. The molecule has 0 aliphatic carbocycles. The number of phenolic OH excluding ortho intramolecular Hbond substituents is 2. The maximum atomic E-state index is 13.7. The molecule has 15 heteroatoms. The number of carbonyl (C=O) groups is 4. The number of hydrogen-bond donors (Lipinski definition) is 9. The normalized spacial score (nSPS) is 13.6. The summed E-state index contributed by atoms with van der Waals surface area (Å²) in [6, 6.07) is 7.13. The van der Waals surface area contributed by atoms with Gasteiger partial charge in [-0.15, -0.1) is 0 Å². The second kappa shape index (κ2) is 15.2. The Labute approximate surface area is 257 Å². The highest BCUT2D eigenvalue weighted by molar-refractivity contribution is 5.94. The molecule has 0 saturated heterocycles. The Balaban J connectivity index is 1.55. The molecule has 0 saturated carbocycles. The van der Waals surface area contributed by atoms with Crippen molar-refractivity contribution in [2.45, 2.75) is 49.9 Å². The van der Waals surface area contributed by atoms with Crippen LogP contribution in [0.3, 0.4) is 0 Å². The van der Waals surface area contributed by atoms with Crippen molar-refractivity contribution in [1.82, 2.24) is 35.9 Å². The predicted molar refractivity (Wildman–Crippen MR) is 160 cm³/mol. The summed E-state index contributed by atoms with van der Waals surface area (Å²) in [7, 11) is 0. The second-order valence-electron chi connectivity index (χ2n) is 10.4. The van der Waals surface area contributed by atoms with E-state index in [2.05, 4.69) is 35.9 Å². The molecule has 10 N–H and O–H groups in total. The molecular weight excluding hydrogens is 584 g/mol. The van der Waals surface area contributed by atoms with Gasteiger partial charge in [0.2, 0.25) is 17.7 Å². The summed E-state index contributed by atoms with van der Waals surface area (Å²) >= 11 is 0. The molecule has 0 bridgehead atoms. The van der Waals surface area contributed by atoms with E-state index in [1.54, 1.807) is 24.3 Å². The van der Waals surface area contributed by atoms with Crippen LogP contribution in [0.2, 0.25) is 0 Å². The molecule has 0 radical (unpaired) electrons. The van der Waals surface area contributed by atoms with Gasteiger partial charge in [0.1, 0.15) is 29.6 Å². The second-order valence-corrected chi connectivity index (χ2v) is 10.4. The van der Waals surface area contributed by atoms with Gasteiger partial charge >= 0.3 is 5.97 Å². The monoisotopic (exact) mass is 618 g/mol. The number of carboxylic acids is 1. The van der Waals surface area contributed by atoms with Gasteiger partial charge in [0.05, 0.1) is 18.7 Å². The molecule has 15 nitrogen and oxygen atoms in total. The molecule has 0 aliphatic heterocycles. The number of benzene rings is 2. The van der Waals surface area contributed by atoms with Crippen molar-refractivity contribution < 1.29 is 34.5 Å². The van der Waals surface area contributed by atoms with Crippen molar-refractivity contribution in [3.63, 3.8) is 0 Å². The first-order valence-electron chi connectivity index (χ1n) is 14.0. The smallest absolute Gasteiger partial charge is 0.326 e. The molecule has 0 fully saturated rings. The summed E-state index contributed by atoms with van der Waals surface area (Å²) in [5.74, 6) is -3.43. The standard InChI is InChI=1S/C30H34N8O7/c31-23(11-19-13-32-15-34-19)27(41)36-24(9-17-1-5-21(39)6-2-17)28(42)37-25(10-18-3-7-22(40)8-4-18)29(43)38-26(30(44)45)12-20-14-33-16-35-20/h1-8,13-16,23-26,39-40H,9-12,31H2,(H,32,34)(H,33,35)(H,36,41)(H,37,42)(H,38,43)(H,44,45). The summed E-state index contributed by atoms with van der Waals surface area (Å²) in [5.41, 5.74) is 8.36. The zero-order chi connectivity index (χ0) is 32.3. The SMILES string of the molecule is NC(Cc1cnc[nH]1)C(=O)NC(Cc1ccc(O)cc1)C(=O)NC(Cc1ccc(O)cc1)C(=O)NC(Cc1cnc[nH]1)C(=O)O. The van der Waals surface area contributed by atoms with Gasteiger partial charge in [0.15, 0.2) is 0 Å². The van der Waals surface area contributed by atoms with Crippen LogP contribution in [-0.2, 0) is 44.9 Å². The van der Waals surface area contributed by atoms with Gasteiger partial charge in [-0.3, -0.25) is 14.4 Å². The lowest BCUT2D eigenvalue weighted by Crippen LogP contribution is -2.58. The highest BCUT2D eigenvalue weighted by Crippen LogP contribution is 2.14. The number of aliphatic carboxylic acids is 1. The van der Waals surface area contributed by atoms with Crippen LogP contribution in [0.25, 0.3) is 0 Å². The van der Waals surface area contributed by atoms with E-state index < -0.39 is 47.9 Å². The van der Waals surface area contributed by atoms with E-state index in [1.807, 2.05) is 0 Å². The van der Waals surface area contributed by atoms with E-state index in [9.17, 15) is 34.5 Å². The molecule has 4 rings (SSSR count). The van der Waals surface area contributed by atoms with Crippen molar-refractivity contribution in [3.05, 3.63) is 96.1 Å². The number of nitrogens with one attached hydrogen (secondary N) is 5. The number of aromatic nitrogens is 4. The summed E-state index contributed by atoms with van der Waals surface area (Å²) in [4.78, 5) is 65.7. The average Bonchev–Trinajstić information content (AvgIpc) is 3.73. The first-order valence-corrected chi connectivity index (χ1v) is 14.0. The molecule has 0 aliphatic rings. The van der Waals surface area contributed by atoms with E-state index >= 15 is 0 Å². The van der Waals surface area contributed by atoms with Crippen molar-refractivity contribution in [2.75, 3.05) is 0 Å². The maximum absolute atomic E-state index is 13.7. The lowest BCUT2D eigenvalue weighted by molar-refractivity contribution is -0.142. The molecule has 4 unspecified atom stereocenters. The van der Waals surface area contributed by atoms with Gasteiger partial charge in [-0.25, -0.2) is 14.8 Å². The highest BCUT2D eigenvalue weighted by Gasteiger charge is 2.31. The minimum Gasteiger partial charge on any atom is -0.508 e. The number of aromatic hydroxyl groups is 2. The Morgan fingerprint density at radius 3 is 1.49 bits per heavy atom. The third-order valence-corrected chi connectivity index (χ3v) is 6.94. The van der Waals surface area contributed by atoms with Gasteiger partial charge in [-0.2, -0.15) is 0 Å². The maximum Gasteiger partial charge on any atom is 0.326 e. The van der Waals surface area contributed by atoms with Crippen LogP contribution >= 0.6 is 0 Å². The van der Waals surface area contributed by atoms with E-state index in [4.69, 9.17) is 5.73 Å². The molecule has 4 atom stereocenters. The van der Waals surface area contributed by atoms with Crippen LogP contribution < -0.4 is 21.7 Å². The number of imidazole rings is 2. The number of H-pyrrole nitrogens is 2. The molecule has 0 spiro atoms. The fourth-order valence-electron chi connectivity index (χ4n) is 4.52. The van der Waals surface area contributed by atoms with E-state index in [0.29, 0.717) is 22.5 Å². The Morgan fingerprint density at radius 2 is 1.07 bits per heavy atom. The number of nitrogens with two attached hydrogens (primary N) is 1. The molecule has 45 heavy (non-hydrogen) atoms. The van der Waals surface area contributed by atoms with Crippen LogP contribution in [0.1, 0.15) is 22.5 Å². The summed E-state index contributed by atoms with van der Waals surface area (Å²) < 4.78 is 0. The van der Waals surface area contributed by atoms with Crippen LogP contribution in [0, 0.1) is 0 Å². The van der Waals surface area contributed by atoms with Gasteiger partial charge in [0.25, 0.3) is 0 Å². The zero-order valence-corrected chi connectivity index (χ0v) is 24.0. The summed E-state index contributed by atoms with van der Waals surface area (Å²) in [6.07, 6.45) is 5.75. The van der Waals surface area contributed by atoms with Crippen molar-refractivity contribution >= 4 is 23.7 Å². The predicted octanol–water partition coefficient (Wildman–Crippen LogP) is -0.319. The largest absolute Gasteiger partial charge is 0.508 e. The first kappa shape index (κ1) is 32.2. The first-order chi connectivity index (χ1) is 21.6. The number of hydrogen-bond acceptors (Lipinski definition) is 9. The van der Waals surface area contributed by atoms with Gasteiger partial charge in [-0.1, -0.05) is 24.3 Å². The fraction of sp³-hybridized carbons (Fsp3) is 0.267. The third-order valence-electron chi connectivity index (χ3n) is 6.94.